The number of nitrogens with zero attached hydrogens (tertiary/aromatic N) is 4. The van der Waals surface area contributed by atoms with Gasteiger partial charge in [-0.2, -0.15) is 0 Å². The summed E-state index contributed by atoms with van der Waals surface area (Å²) < 4.78 is 0. The van der Waals surface area contributed by atoms with Crippen molar-refractivity contribution in [3.8, 4) is 0 Å². The summed E-state index contributed by atoms with van der Waals surface area (Å²) >= 11 is 0. The molecule has 4 saturated carbocycles. The molecule has 6 nitrogen and oxygen atoms in total. The highest BCUT2D eigenvalue weighted by Gasteiger charge is 2.89. The Kier molecular flexibility index (Phi) is 3.59. The van der Waals surface area contributed by atoms with Crippen LogP contribution in [0.4, 0.5) is 0 Å². The summed E-state index contributed by atoms with van der Waals surface area (Å²) in [4.78, 5) is 48.2. The monoisotopic (exact) mass is 572 g/mol. The molecule has 7 aliphatic carbocycles. The van der Waals surface area contributed by atoms with Crippen LogP contribution in [0.15, 0.2) is 72.1 Å². The Morgan fingerprint density at radius 3 is 1.48 bits per heavy atom. The average Bonchev–Trinajstić information content (AvgIpc) is 3.83. The zero-order valence-corrected chi connectivity index (χ0v) is 24.4. The van der Waals surface area contributed by atoms with Crippen LogP contribution >= 0.6 is 0 Å². The number of benzene rings is 2. The molecule has 212 valence electrons. The van der Waals surface area contributed by atoms with E-state index in [1.807, 2.05) is 48.8 Å². The van der Waals surface area contributed by atoms with E-state index >= 15 is 0 Å². The Bertz CT molecular complexity index is 2180. The molecule has 0 radical (unpaired) electrons. The van der Waals surface area contributed by atoms with Gasteiger partial charge in [0.15, 0.2) is 11.6 Å². The summed E-state index contributed by atoms with van der Waals surface area (Å²) in [6, 6.07) is 15.7. The summed E-state index contributed by atoms with van der Waals surface area (Å²) in [7, 11) is 0. The Morgan fingerprint density at radius 2 is 1.00 bits per heavy atom. The second kappa shape index (κ2) is 6.83. The van der Waals surface area contributed by atoms with Crippen LogP contribution in [-0.2, 0) is 0 Å². The summed E-state index contributed by atoms with van der Waals surface area (Å²) in [6.07, 6.45) is 5.75. The maximum Gasteiger partial charge on any atom is 0.190 e. The van der Waals surface area contributed by atoms with Gasteiger partial charge in [-0.1, -0.05) is 38.1 Å². The molecule has 0 amide bonds. The van der Waals surface area contributed by atoms with Crippen molar-refractivity contribution in [1.29, 1.82) is 0 Å². The maximum atomic E-state index is 13.9. The first kappa shape index (κ1) is 23.1. The SMILES string of the molecule is CC12C3C4C[C@@H](c5nc6c7cccnc7c7ncccc7c6nc54)C3C1(C)C1C2[C@H]2C[C@@H]1C1=C2C(=O)c2ccccc2C1=O. The van der Waals surface area contributed by atoms with Gasteiger partial charge in [-0.3, -0.25) is 19.6 Å². The number of hydrogen-bond acceptors (Lipinski definition) is 6. The van der Waals surface area contributed by atoms with Gasteiger partial charge in [0.05, 0.1) is 33.5 Å². The first-order valence-corrected chi connectivity index (χ1v) is 16.2. The standard InChI is InChI=1S/C38H28N4O2/c1-37-25-19-13-20(24-23(19)35(43)15-7-3-4-8-16(15)36(24)44)26(25)38(37,2)28-22-14-21(27(28)37)33-34(22)42-32-18-10-6-12-40-30(18)29-17(31(32)41-33)9-5-11-39-29/h3-12,19-22,25-28H,13-14H2,1-2H3/t19-,20+,21-,22?,25?,26?,27?,28?,37?,38?/m1/s1. The van der Waals surface area contributed by atoms with Crippen molar-refractivity contribution in [2.24, 2.45) is 46.3 Å². The number of pyridine rings is 2. The lowest BCUT2D eigenvalue weighted by Crippen LogP contribution is -2.80. The van der Waals surface area contributed by atoms with Crippen LogP contribution in [0, 0.1) is 46.3 Å². The molecule has 44 heavy (non-hydrogen) atoms. The zero-order valence-electron chi connectivity index (χ0n) is 24.4. The number of carbonyl (C=O) groups excluding carboxylic acids is 2. The van der Waals surface area contributed by atoms with Gasteiger partial charge in [-0.25, -0.2) is 9.97 Å². The minimum Gasteiger partial charge on any atom is -0.289 e. The maximum absolute atomic E-state index is 13.9. The van der Waals surface area contributed by atoms with E-state index in [4.69, 9.17) is 19.9 Å². The molecule has 7 aliphatic rings. The van der Waals surface area contributed by atoms with Gasteiger partial charge in [-0.15, -0.1) is 0 Å². The molecule has 4 bridgehead atoms. The molecule has 2 aromatic carbocycles. The highest BCUT2D eigenvalue weighted by molar-refractivity contribution is 6.28. The van der Waals surface area contributed by atoms with Crippen LogP contribution in [0.25, 0.3) is 32.8 Å². The number of aromatic nitrogens is 4. The fourth-order valence-electron chi connectivity index (χ4n) is 13.2. The lowest BCUT2D eigenvalue weighted by atomic mass is 9.20. The van der Waals surface area contributed by atoms with Crippen molar-refractivity contribution >= 4 is 44.4 Å². The third-order valence-electron chi connectivity index (χ3n) is 14.4. The highest BCUT2D eigenvalue weighted by Crippen LogP contribution is 2.94. The number of fused-ring (bicyclic) bond motifs is 27. The Hall–Kier alpha value is -4.32. The van der Waals surface area contributed by atoms with Gasteiger partial charge in [0.1, 0.15) is 0 Å². The molecule has 6 heteroatoms. The van der Waals surface area contributed by atoms with Gasteiger partial charge < -0.3 is 0 Å². The van der Waals surface area contributed by atoms with Crippen LogP contribution in [0.3, 0.4) is 0 Å². The summed E-state index contributed by atoms with van der Waals surface area (Å²) in [6.45, 7) is 5.07. The Morgan fingerprint density at radius 1 is 0.568 bits per heavy atom. The van der Waals surface area contributed by atoms with Crippen molar-refractivity contribution in [3.63, 3.8) is 0 Å². The number of ketones is 2. The molecule has 3 heterocycles. The molecule has 0 N–H and O–H groups in total. The Balaban J connectivity index is 1.03. The summed E-state index contributed by atoms with van der Waals surface area (Å²) in [5.74, 6) is 3.47. The van der Waals surface area contributed by atoms with E-state index in [9.17, 15) is 9.59 Å². The van der Waals surface area contributed by atoms with Crippen LogP contribution in [0.5, 0.6) is 0 Å². The van der Waals surface area contributed by atoms with Crippen molar-refractivity contribution in [3.05, 3.63) is 94.6 Å². The van der Waals surface area contributed by atoms with Gasteiger partial charge in [0.2, 0.25) is 0 Å². The molecule has 0 saturated heterocycles. The Labute approximate surface area is 253 Å². The second-order valence-corrected chi connectivity index (χ2v) is 15.1. The number of Topliss-reactive ketones (excluding diaryl/α,β-unsaturated/α-hetero) is 2. The van der Waals surface area contributed by atoms with Gasteiger partial charge in [-0.05, 0) is 83.4 Å². The summed E-state index contributed by atoms with van der Waals surface area (Å²) in [5.41, 5.74) is 9.31. The fraction of sp³-hybridized carbons (Fsp3) is 0.368. The van der Waals surface area contributed by atoms with E-state index in [-0.39, 0.29) is 34.2 Å². The molecule has 0 aliphatic heterocycles. The quantitative estimate of drug-likeness (QED) is 0.149. The first-order chi connectivity index (χ1) is 21.4. The number of allylic oxidation sites excluding steroid dienone is 2. The second-order valence-electron chi connectivity index (χ2n) is 15.1. The summed E-state index contributed by atoms with van der Waals surface area (Å²) in [5, 5.41) is 2.04. The van der Waals surface area contributed by atoms with Crippen molar-refractivity contribution in [2.75, 3.05) is 0 Å². The van der Waals surface area contributed by atoms with Crippen LogP contribution in [-0.4, -0.2) is 31.5 Å². The number of carbonyl (C=O) groups is 2. The van der Waals surface area contributed by atoms with Crippen molar-refractivity contribution in [2.45, 2.75) is 38.5 Å². The van der Waals surface area contributed by atoms with Crippen LogP contribution < -0.4 is 0 Å². The minimum atomic E-state index is 0.118. The molecule has 3 aromatic heterocycles. The van der Waals surface area contributed by atoms with E-state index in [0.29, 0.717) is 46.6 Å². The minimum absolute atomic E-state index is 0.118. The van der Waals surface area contributed by atoms with Gasteiger partial charge >= 0.3 is 0 Å². The average molecular weight is 573 g/mol. The van der Waals surface area contributed by atoms with E-state index in [2.05, 4.69) is 26.0 Å². The highest BCUT2D eigenvalue weighted by atomic mass is 16.1. The molecule has 0 spiro atoms. The molecular weight excluding hydrogens is 544 g/mol. The molecule has 5 aromatic rings. The smallest absolute Gasteiger partial charge is 0.190 e. The number of rotatable bonds is 0. The predicted molar refractivity (Wildman–Crippen MR) is 164 cm³/mol. The van der Waals surface area contributed by atoms with E-state index in [1.165, 1.54) is 11.4 Å². The molecular formula is C38H28N4O2. The van der Waals surface area contributed by atoms with Gasteiger partial charge in [0, 0.05) is 57.3 Å². The normalized spacial score (nSPS) is 39.6. The van der Waals surface area contributed by atoms with E-state index in [1.54, 1.807) is 0 Å². The largest absolute Gasteiger partial charge is 0.289 e. The molecule has 12 rings (SSSR count). The van der Waals surface area contributed by atoms with E-state index < -0.39 is 0 Å². The molecule has 10 atom stereocenters. The zero-order chi connectivity index (χ0) is 29.0. The predicted octanol–water partition coefficient (Wildman–Crippen LogP) is 6.84. The van der Waals surface area contributed by atoms with Crippen molar-refractivity contribution < 1.29 is 9.59 Å². The van der Waals surface area contributed by atoms with E-state index in [0.717, 1.165) is 56.8 Å². The first-order valence-electron chi connectivity index (χ1n) is 16.2. The molecule has 7 unspecified atom stereocenters. The molecule has 4 fully saturated rings. The third-order valence-corrected chi connectivity index (χ3v) is 14.4. The third kappa shape index (κ3) is 2.04. The topological polar surface area (TPSA) is 85.7 Å². The van der Waals surface area contributed by atoms with Crippen molar-refractivity contribution in [1.82, 2.24) is 19.9 Å². The lowest BCUT2D eigenvalue weighted by Gasteiger charge is -2.84. The fourth-order valence-corrected chi connectivity index (χ4v) is 13.2. The van der Waals surface area contributed by atoms with Crippen LogP contribution in [0.2, 0.25) is 0 Å². The van der Waals surface area contributed by atoms with Gasteiger partial charge in [0.25, 0.3) is 0 Å². The number of hydrogen-bond donors (Lipinski definition) is 0. The lowest BCUT2D eigenvalue weighted by molar-refractivity contribution is -0.354. The van der Waals surface area contributed by atoms with Crippen LogP contribution in [0.1, 0.15) is 70.6 Å².